The van der Waals surface area contributed by atoms with Crippen LogP contribution < -0.4 is 5.32 Å². The Balaban J connectivity index is 1.79. The average Bonchev–Trinajstić information content (AvgIpc) is 3.10. The standard InChI is InChI=1S/C21H21NO2/c1-16(14-17-12-13-24-15-17)22-21(23)20(18-8-4-2-5-9-18)19-10-6-3-7-11-19/h2-13,15-16,20H,14H2,1H3,(H,22,23). The summed E-state index contributed by atoms with van der Waals surface area (Å²) in [5, 5.41) is 3.13. The Bertz CT molecular complexity index is 712. The minimum absolute atomic E-state index is 0.0170. The molecule has 0 fully saturated rings. The molecule has 1 unspecified atom stereocenters. The molecule has 0 aliphatic heterocycles. The monoisotopic (exact) mass is 319 g/mol. The molecule has 3 aromatic rings. The molecule has 0 bridgehead atoms. The highest BCUT2D eigenvalue weighted by molar-refractivity contribution is 5.87. The fourth-order valence-electron chi connectivity index (χ4n) is 2.93. The van der Waals surface area contributed by atoms with E-state index in [1.54, 1.807) is 12.5 Å². The molecule has 2 aromatic carbocycles. The van der Waals surface area contributed by atoms with E-state index in [-0.39, 0.29) is 17.9 Å². The predicted molar refractivity (Wildman–Crippen MR) is 94.7 cm³/mol. The molecule has 0 saturated heterocycles. The van der Waals surface area contributed by atoms with E-state index in [2.05, 4.69) is 5.32 Å². The molecule has 24 heavy (non-hydrogen) atoms. The minimum atomic E-state index is -0.306. The summed E-state index contributed by atoms with van der Waals surface area (Å²) in [6.07, 6.45) is 4.12. The number of hydrogen-bond acceptors (Lipinski definition) is 2. The lowest BCUT2D eigenvalue weighted by molar-refractivity contribution is -0.122. The van der Waals surface area contributed by atoms with Crippen molar-refractivity contribution in [2.75, 3.05) is 0 Å². The van der Waals surface area contributed by atoms with Crippen LogP contribution in [0.2, 0.25) is 0 Å². The Labute approximate surface area is 142 Å². The van der Waals surface area contributed by atoms with E-state index in [9.17, 15) is 4.79 Å². The molecule has 1 amide bonds. The first-order valence-electron chi connectivity index (χ1n) is 8.15. The van der Waals surface area contributed by atoms with Crippen LogP contribution in [0.5, 0.6) is 0 Å². The number of nitrogens with one attached hydrogen (secondary N) is 1. The lowest BCUT2D eigenvalue weighted by atomic mass is 9.90. The normalized spacial score (nSPS) is 12.1. The highest BCUT2D eigenvalue weighted by Crippen LogP contribution is 2.25. The van der Waals surface area contributed by atoms with Gasteiger partial charge in [0.1, 0.15) is 0 Å². The molecule has 0 aliphatic carbocycles. The van der Waals surface area contributed by atoms with Gasteiger partial charge in [-0.2, -0.15) is 0 Å². The van der Waals surface area contributed by atoms with Gasteiger partial charge in [0.2, 0.25) is 5.91 Å². The van der Waals surface area contributed by atoms with Gasteiger partial charge in [0.25, 0.3) is 0 Å². The summed E-state index contributed by atoms with van der Waals surface area (Å²) in [7, 11) is 0. The molecular weight excluding hydrogens is 298 g/mol. The Morgan fingerprint density at radius 1 is 0.958 bits per heavy atom. The number of benzene rings is 2. The van der Waals surface area contributed by atoms with Crippen LogP contribution in [0.15, 0.2) is 83.7 Å². The molecule has 1 atom stereocenters. The number of carbonyl (C=O) groups excluding carboxylic acids is 1. The summed E-state index contributed by atoms with van der Waals surface area (Å²) in [6, 6.07) is 21.7. The van der Waals surface area contributed by atoms with Crippen molar-refractivity contribution in [3.05, 3.63) is 95.9 Å². The summed E-state index contributed by atoms with van der Waals surface area (Å²) in [6.45, 7) is 2.01. The van der Waals surface area contributed by atoms with Gasteiger partial charge in [-0.1, -0.05) is 60.7 Å². The van der Waals surface area contributed by atoms with E-state index in [0.29, 0.717) is 0 Å². The van der Waals surface area contributed by atoms with Crippen LogP contribution in [0.1, 0.15) is 29.5 Å². The molecule has 0 aliphatic rings. The molecular formula is C21H21NO2. The van der Waals surface area contributed by atoms with E-state index >= 15 is 0 Å². The fraction of sp³-hybridized carbons (Fsp3) is 0.190. The zero-order valence-electron chi connectivity index (χ0n) is 13.7. The van der Waals surface area contributed by atoms with Crippen molar-refractivity contribution in [1.82, 2.24) is 5.32 Å². The van der Waals surface area contributed by atoms with E-state index in [0.717, 1.165) is 23.1 Å². The summed E-state index contributed by atoms with van der Waals surface area (Å²) in [5.74, 6) is -0.289. The summed E-state index contributed by atoms with van der Waals surface area (Å²) < 4.78 is 5.09. The van der Waals surface area contributed by atoms with Gasteiger partial charge < -0.3 is 9.73 Å². The van der Waals surface area contributed by atoms with Crippen LogP contribution in [-0.2, 0) is 11.2 Å². The van der Waals surface area contributed by atoms with Crippen molar-refractivity contribution < 1.29 is 9.21 Å². The Morgan fingerprint density at radius 3 is 2.04 bits per heavy atom. The van der Waals surface area contributed by atoms with Crippen molar-refractivity contribution in [3.8, 4) is 0 Å². The number of amides is 1. The molecule has 0 saturated carbocycles. The summed E-state index contributed by atoms with van der Waals surface area (Å²) >= 11 is 0. The van der Waals surface area contributed by atoms with Crippen LogP contribution >= 0.6 is 0 Å². The third-order valence-electron chi connectivity index (χ3n) is 4.04. The zero-order chi connectivity index (χ0) is 16.8. The Morgan fingerprint density at radius 2 is 1.54 bits per heavy atom. The van der Waals surface area contributed by atoms with Gasteiger partial charge in [-0.15, -0.1) is 0 Å². The molecule has 122 valence electrons. The van der Waals surface area contributed by atoms with Crippen molar-refractivity contribution in [2.45, 2.75) is 25.3 Å². The molecule has 3 heteroatoms. The topological polar surface area (TPSA) is 42.2 Å². The largest absolute Gasteiger partial charge is 0.472 e. The number of furan rings is 1. The Kier molecular flexibility index (Phi) is 5.12. The minimum Gasteiger partial charge on any atom is -0.472 e. The van der Waals surface area contributed by atoms with Gasteiger partial charge in [0.15, 0.2) is 0 Å². The van der Waals surface area contributed by atoms with Gasteiger partial charge >= 0.3 is 0 Å². The van der Waals surface area contributed by atoms with E-state index in [4.69, 9.17) is 4.42 Å². The lowest BCUT2D eigenvalue weighted by Gasteiger charge is -2.21. The van der Waals surface area contributed by atoms with Crippen molar-refractivity contribution >= 4 is 5.91 Å². The molecule has 1 aromatic heterocycles. The first-order valence-corrected chi connectivity index (χ1v) is 8.15. The molecule has 0 spiro atoms. The second-order valence-electron chi connectivity index (χ2n) is 6.00. The van der Waals surface area contributed by atoms with Gasteiger partial charge in [-0.05, 0) is 36.1 Å². The van der Waals surface area contributed by atoms with Gasteiger partial charge in [0.05, 0.1) is 18.4 Å². The van der Waals surface area contributed by atoms with E-state index < -0.39 is 0 Å². The maximum absolute atomic E-state index is 12.9. The lowest BCUT2D eigenvalue weighted by Crippen LogP contribution is -2.37. The second-order valence-corrected chi connectivity index (χ2v) is 6.00. The molecule has 1 N–H and O–H groups in total. The fourth-order valence-corrected chi connectivity index (χ4v) is 2.93. The molecule has 1 heterocycles. The second kappa shape index (κ2) is 7.64. The van der Waals surface area contributed by atoms with Crippen LogP contribution in [-0.4, -0.2) is 11.9 Å². The van der Waals surface area contributed by atoms with Crippen LogP contribution in [0.4, 0.5) is 0 Å². The predicted octanol–water partition coefficient (Wildman–Crippen LogP) is 4.16. The zero-order valence-corrected chi connectivity index (χ0v) is 13.7. The van der Waals surface area contributed by atoms with Crippen LogP contribution in [0.3, 0.4) is 0 Å². The molecule has 3 nitrogen and oxygen atoms in total. The van der Waals surface area contributed by atoms with Crippen molar-refractivity contribution in [3.63, 3.8) is 0 Å². The number of hydrogen-bond donors (Lipinski definition) is 1. The van der Waals surface area contributed by atoms with Gasteiger partial charge in [-0.3, -0.25) is 4.79 Å². The van der Waals surface area contributed by atoms with Crippen LogP contribution in [0, 0.1) is 0 Å². The Hall–Kier alpha value is -2.81. The maximum Gasteiger partial charge on any atom is 0.232 e. The van der Waals surface area contributed by atoms with Gasteiger partial charge in [0, 0.05) is 6.04 Å². The maximum atomic E-state index is 12.9. The SMILES string of the molecule is CC(Cc1ccoc1)NC(=O)C(c1ccccc1)c1ccccc1. The van der Waals surface area contributed by atoms with Gasteiger partial charge in [-0.25, -0.2) is 0 Å². The molecule has 3 rings (SSSR count). The van der Waals surface area contributed by atoms with Crippen LogP contribution in [0.25, 0.3) is 0 Å². The third-order valence-corrected chi connectivity index (χ3v) is 4.04. The highest BCUT2D eigenvalue weighted by atomic mass is 16.3. The average molecular weight is 319 g/mol. The van der Waals surface area contributed by atoms with E-state index in [1.165, 1.54) is 0 Å². The molecule has 0 radical (unpaired) electrons. The van der Waals surface area contributed by atoms with Crippen molar-refractivity contribution in [1.29, 1.82) is 0 Å². The first-order chi connectivity index (χ1) is 11.7. The number of carbonyl (C=O) groups is 1. The number of rotatable bonds is 6. The summed E-state index contributed by atoms with van der Waals surface area (Å²) in [5.41, 5.74) is 3.08. The quantitative estimate of drug-likeness (QED) is 0.741. The highest BCUT2D eigenvalue weighted by Gasteiger charge is 2.23. The first kappa shape index (κ1) is 16.1. The van der Waals surface area contributed by atoms with Crippen molar-refractivity contribution in [2.24, 2.45) is 0 Å². The van der Waals surface area contributed by atoms with E-state index in [1.807, 2.05) is 73.7 Å². The smallest absolute Gasteiger partial charge is 0.232 e. The summed E-state index contributed by atoms with van der Waals surface area (Å²) in [4.78, 5) is 12.9. The third kappa shape index (κ3) is 3.93.